The van der Waals surface area contributed by atoms with Gasteiger partial charge < -0.3 is 20.4 Å². The van der Waals surface area contributed by atoms with Gasteiger partial charge in [0.2, 0.25) is 0 Å². The zero-order chi connectivity index (χ0) is 83.6. The summed E-state index contributed by atoms with van der Waals surface area (Å²) >= 11 is 0. The smallest absolute Gasteiger partial charge is 0.0583 e. The molecule has 0 amide bonds. The highest BCUT2D eigenvalue weighted by atomic mass is 16.3. The first-order chi connectivity index (χ1) is 54.4. The number of allylic oxidation sites excluding steroid dienone is 23. The van der Waals surface area contributed by atoms with Crippen molar-refractivity contribution in [1.29, 1.82) is 0 Å². The molecule has 115 heavy (non-hydrogen) atoms. The predicted octanol–water partition coefficient (Wildman–Crippen LogP) is 30.0. The first-order valence-electron chi connectivity index (χ1n) is 48.5. The molecule has 0 aromatic carbocycles. The van der Waals surface area contributed by atoms with E-state index in [4.69, 9.17) is 0 Å². The van der Waals surface area contributed by atoms with Gasteiger partial charge in [-0.2, -0.15) is 0 Å². The van der Waals surface area contributed by atoms with Crippen molar-refractivity contribution in [2.45, 2.75) is 368 Å². The van der Waals surface area contributed by atoms with E-state index in [9.17, 15) is 20.4 Å². The second-order valence-electron chi connectivity index (χ2n) is 44.1. The van der Waals surface area contributed by atoms with E-state index < -0.39 is 0 Å². The highest BCUT2D eigenvalue weighted by molar-refractivity contribution is 5.42. The van der Waals surface area contributed by atoms with Gasteiger partial charge in [-0.25, -0.2) is 0 Å². The summed E-state index contributed by atoms with van der Waals surface area (Å²) in [4.78, 5) is 0. The lowest BCUT2D eigenvalue weighted by Gasteiger charge is -2.55. The second kappa shape index (κ2) is 40.7. The Bertz CT molecular complexity index is 3540. The molecule has 13 rings (SSSR count). The van der Waals surface area contributed by atoms with Crippen LogP contribution in [0.25, 0.3) is 0 Å². The third-order valence-corrected chi connectivity index (χ3v) is 35.2. The van der Waals surface area contributed by atoms with Gasteiger partial charge in [0.05, 0.1) is 24.4 Å². The maximum absolute atomic E-state index is 10.2. The molecule has 13 aliphatic carbocycles. The molecule has 0 aliphatic heterocycles. The summed E-state index contributed by atoms with van der Waals surface area (Å²) in [6, 6.07) is 0. The summed E-state index contributed by atoms with van der Waals surface area (Å²) in [5.41, 5.74) is 17.9. The molecular weight excluding hydrogens is 1400 g/mol. The fraction of sp³-hybridized carbons (Fsp3) is 0.730. The Balaban J connectivity index is 0.000000162. The van der Waals surface area contributed by atoms with Crippen LogP contribution in [0.1, 0.15) is 344 Å². The molecule has 0 heterocycles. The Kier molecular flexibility index (Phi) is 33.0. The van der Waals surface area contributed by atoms with E-state index in [0.29, 0.717) is 68.5 Å². The number of rotatable bonds is 19. The first-order valence-corrected chi connectivity index (χ1v) is 48.5. The third-order valence-electron chi connectivity index (χ3n) is 35.2. The Morgan fingerprint density at radius 2 is 0.670 bits per heavy atom. The van der Waals surface area contributed by atoms with Crippen LogP contribution < -0.4 is 0 Å². The van der Waals surface area contributed by atoms with Gasteiger partial charge in [-0.3, -0.25) is 0 Å². The Hall–Kier alpha value is -4.06. The second-order valence-corrected chi connectivity index (χ2v) is 44.1. The van der Waals surface area contributed by atoms with Crippen LogP contribution in [-0.2, 0) is 0 Å². The number of aliphatic hydroxyl groups is 4. The van der Waals surface area contributed by atoms with Gasteiger partial charge in [0.1, 0.15) is 0 Å². The molecule has 0 bridgehead atoms. The molecule has 10 unspecified atom stereocenters. The summed E-state index contributed by atoms with van der Waals surface area (Å²) in [5.74, 6) is 14.5. The zero-order valence-electron chi connectivity index (χ0n) is 77.6. The quantitative estimate of drug-likeness (QED) is 0.0972. The minimum Gasteiger partial charge on any atom is -0.393 e. The normalized spacial score (nSPS) is 39.6. The fourth-order valence-corrected chi connectivity index (χ4v) is 26.3. The Morgan fingerprint density at radius 1 is 0.339 bits per heavy atom. The lowest BCUT2D eigenvalue weighted by molar-refractivity contribution is 0.0382. The van der Waals surface area contributed by atoms with Crippen LogP contribution in [0.4, 0.5) is 0 Å². The fourth-order valence-electron chi connectivity index (χ4n) is 26.3. The standard InChI is InChI=1S/3C28H44O.C27H42O/c1-18(2)19(3)7-8-20(4)24-11-12-25-23-10-9-21-17-22(29)13-15-27(21,5)26(23)14-16-28(24,25)6;2*1-19(2)20(3)9-10-22(5)26-15-16-27-23(8-7-17-28(26,27)6)12-13-24-18-25(29)14-11-21(24)4;1-19(2)8-6-9-21(4)25-15-16-26-22(10-7-17-27(25,26)5)12-13-23-18-24(28)14-11-20(23)3/h7-10,18-20,22,24-26,29H,11-17H2,1-6H3;2*9-10,12-13,19-20,22,25-27,29H,4,7-8,11,14-18H2,1-3,5-6H3;6,9,12-13,19,21,24-26,28H,3,7-8,10-11,14-18H2,1-2,4-5H3/b8-7+;2*10-9+,23-12+,24-13-;9-6+,22-12+,23-13-/t19?,20?,22-,24+,25-,26+,27?,28+;2*20-,22+,25-,26?,27-,28+;/m000./s1. The van der Waals surface area contributed by atoms with Crippen LogP contribution in [0.2, 0.25) is 0 Å². The molecule has 12 saturated carbocycles. The molecule has 0 saturated heterocycles. The van der Waals surface area contributed by atoms with Crippen LogP contribution in [0.3, 0.4) is 0 Å². The summed E-state index contributed by atoms with van der Waals surface area (Å²) in [5, 5.41) is 40.3. The number of aliphatic hydroxyl groups excluding tert-OH is 4. The molecule has 4 nitrogen and oxygen atoms in total. The van der Waals surface area contributed by atoms with Gasteiger partial charge in [0, 0.05) is 0 Å². The summed E-state index contributed by atoms with van der Waals surface area (Å²) in [7, 11) is 0. The van der Waals surface area contributed by atoms with E-state index in [-0.39, 0.29) is 24.4 Å². The molecule has 0 aromatic rings. The lowest BCUT2D eigenvalue weighted by atomic mass is 9.50. The van der Waals surface area contributed by atoms with Crippen molar-refractivity contribution in [2.24, 2.45) is 145 Å². The highest BCUT2D eigenvalue weighted by Gasteiger charge is 2.58. The largest absolute Gasteiger partial charge is 0.393 e. The third kappa shape index (κ3) is 22.1. The monoisotopic (exact) mass is 1570 g/mol. The van der Waals surface area contributed by atoms with Crippen LogP contribution >= 0.6 is 0 Å². The van der Waals surface area contributed by atoms with Crippen molar-refractivity contribution in [3.8, 4) is 0 Å². The summed E-state index contributed by atoms with van der Waals surface area (Å²) in [6.07, 6.45) is 75.9. The Morgan fingerprint density at radius 3 is 1.02 bits per heavy atom. The maximum Gasteiger partial charge on any atom is 0.0583 e. The molecule has 12 fully saturated rings. The Labute approximate surface area is 708 Å². The van der Waals surface area contributed by atoms with E-state index in [0.717, 1.165) is 148 Å². The summed E-state index contributed by atoms with van der Waals surface area (Å²) < 4.78 is 0. The van der Waals surface area contributed by atoms with Crippen LogP contribution in [0, 0.1) is 145 Å². The maximum atomic E-state index is 10.2. The van der Waals surface area contributed by atoms with Crippen LogP contribution in [0.15, 0.2) is 178 Å². The molecule has 13 aliphatic rings. The van der Waals surface area contributed by atoms with Gasteiger partial charge in [0.15, 0.2) is 0 Å². The number of fused-ring (bicyclic) bond motifs is 8. The molecule has 4 N–H and O–H groups in total. The van der Waals surface area contributed by atoms with Crippen molar-refractivity contribution < 1.29 is 20.4 Å². The van der Waals surface area contributed by atoms with Crippen molar-refractivity contribution in [1.82, 2.24) is 0 Å². The highest BCUT2D eigenvalue weighted by Crippen LogP contribution is 2.67. The van der Waals surface area contributed by atoms with E-state index in [2.05, 4.69) is 255 Å². The van der Waals surface area contributed by atoms with Gasteiger partial charge >= 0.3 is 0 Å². The van der Waals surface area contributed by atoms with Gasteiger partial charge in [-0.05, 0) is 368 Å². The van der Waals surface area contributed by atoms with Gasteiger partial charge in [0.25, 0.3) is 0 Å². The molecule has 0 aromatic heterocycles. The van der Waals surface area contributed by atoms with Crippen molar-refractivity contribution in [3.05, 3.63) is 178 Å². The van der Waals surface area contributed by atoms with Gasteiger partial charge in [-0.15, -0.1) is 0 Å². The molecule has 25 atom stereocenters. The van der Waals surface area contributed by atoms with Crippen molar-refractivity contribution in [3.63, 3.8) is 0 Å². The molecule has 4 heteroatoms. The topological polar surface area (TPSA) is 80.9 Å². The number of hydrogen-bond donors (Lipinski definition) is 4. The van der Waals surface area contributed by atoms with E-state index in [1.54, 1.807) is 22.3 Å². The average molecular weight is 1570 g/mol. The lowest BCUT2D eigenvalue weighted by Crippen LogP contribution is -2.46. The van der Waals surface area contributed by atoms with Crippen LogP contribution in [-0.4, -0.2) is 44.8 Å². The van der Waals surface area contributed by atoms with E-state index >= 15 is 0 Å². The minimum atomic E-state index is -0.182. The SMILES string of the molecule is C=C1CCC(O)C/C1=C/C=C1\CCCC2(C)C1CCC2C(C)/C=C/CC(C)C.C=C1CC[C@H](O)C/C1=C/C=C1\CCC[C@]2(C)C([C@H](C)/C=C/[C@H](C)C(C)C)CC[C@@H]12.C=C1CC[C@H](O)C/C1=C/C=C1\CCC[C@]2(C)C([C@H](C)/C=C/[C@H](C)C(C)C)CC[C@@H]12.CC(C)C(C)/C=C/C(C)[C@H]1CC[C@H]2C3=CC=C4C[C@@H](O)CCC4(C)[C@@H]3CC[C@]12C. The summed E-state index contributed by atoms with van der Waals surface area (Å²) in [6.45, 7) is 61.0. The average Bonchev–Trinajstić information content (AvgIpc) is 1.70. The molecule has 642 valence electrons. The number of hydrogen-bond acceptors (Lipinski definition) is 4. The van der Waals surface area contributed by atoms with Gasteiger partial charge in [-0.1, -0.05) is 300 Å². The first kappa shape index (κ1) is 93.2. The molecular formula is C111H174O4. The van der Waals surface area contributed by atoms with Crippen LogP contribution in [0.5, 0.6) is 0 Å². The molecule has 0 spiro atoms. The molecule has 0 radical (unpaired) electrons. The van der Waals surface area contributed by atoms with Crippen molar-refractivity contribution in [2.75, 3.05) is 0 Å². The zero-order valence-corrected chi connectivity index (χ0v) is 77.6. The van der Waals surface area contributed by atoms with E-state index in [1.807, 2.05) is 0 Å². The predicted molar refractivity (Wildman–Crippen MR) is 496 cm³/mol. The van der Waals surface area contributed by atoms with Crippen molar-refractivity contribution >= 4 is 0 Å². The van der Waals surface area contributed by atoms with E-state index in [1.165, 1.54) is 174 Å². The minimum absolute atomic E-state index is 0.116.